The summed E-state index contributed by atoms with van der Waals surface area (Å²) in [5.41, 5.74) is 2.32. The van der Waals surface area contributed by atoms with Crippen molar-refractivity contribution in [1.82, 2.24) is 0 Å². The molecule has 3 aromatic carbocycles. The third-order valence-corrected chi connectivity index (χ3v) is 4.55. The van der Waals surface area contributed by atoms with Crippen LogP contribution in [0.5, 0.6) is 5.75 Å². The first-order valence-corrected chi connectivity index (χ1v) is 10.2. The second-order valence-corrected chi connectivity index (χ2v) is 6.94. The highest BCUT2D eigenvalue weighted by molar-refractivity contribution is 6.06. The first-order valence-electron chi connectivity index (χ1n) is 10.2. The number of benzene rings is 3. The van der Waals surface area contributed by atoms with Gasteiger partial charge in [0.15, 0.2) is 0 Å². The Kier molecular flexibility index (Phi) is 7.61. The predicted octanol–water partition coefficient (Wildman–Crippen LogP) is 5.76. The van der Waals surface area contributed by atoms with Crippen LogP contribution < -0.4 is 15.4 Å². The fourth-order valence-corrected chi connectivity index (χ4v) is 2.92. The Morgan fingerprint density at radius 3 is 1.93 bits per heavy atom. The van der Waals surface area contributed by atoms with Crippen LogP contribution in [-0.2, 0) is 0 Å². The van der Waals surface area contributed by atoms with Gasteiger partial charge in [-0.3, -0.25) is 9.59 Å². The van der Waals surface area contributed by atoms with E-state index in [4.69, 9.17) is 4.74 Å². The second kappa shape index (κ2) is 10.8. The van der Waals surface area contributed by atoms with Gasteiger partial charge in [-0.05, 0) is 61.0 Å². The van der Waals surface area contributed by atoms with Crippen molar-refractivity contribution in [3.8, 4) is 5.75 Å². The molecular weight excluding hydrogens is 376 g/mol. The van der Waals surface area contributed by atoms with Gasteiger partial charge in [0, 0.05) is 22.5 Å². The molecule has 0 bridgehead atoms. The minimum absolute atomic E-state index is 0.200. The molecule has 0 spiro atoms. The van der Waals surface area contributed by atoms with Crippen molar-refractivity contribution in [3.63, 3.8) is 0 Å². The number of hydrogen-bond acceptors (Lipinski definition) is 3. The summed E-state index contributed by atoms with van der Waals surface area (Å²) in [7, 11) is 0. The lowest BCUT2D eigenvalue weighted by Gasteiger charge is -2.10. The summed E-state index contributed by atoms with van der Waals surface area (Å²) in [6.07, 6.45) is 3.32. The number of nitrogens with one attached hydrogen (secondary N) is 2. The Labute approximate surface area is 177 Å². The summed E-state index contributed by atoms with van der Waals surface area (Å²) in [4.78, 5) is 24.8. The molecule has 5 nitrogen and oxygen atoms in total. The van der Waals surface area contributed by atoms with E-state index in [1.54, 1.807) is 60.7 Å². The van der Waals surface area contributed by atoms with Gasteiger partial charge in [-0.1, -0.05) is 44.0 Å². The highest BCUT2D eigenvalue weighted by atomic mass is 16.5. The van der Waals surface area contributed by atoms with Crippen molar-refractivity contribution in [2.24, 2.45) is 0 Å². The van der Waals surface area contributed by atoms with Gasteiger partial charge in [0.05, 0.1) is 6.61 Å². The average Bonchev–Trinajstić information content (AvgIpc) is 2.78. The lowest BCUT2D eigenvalue weighted by Crippen LogP contribution is -2.14. The molecule has 0 radical (unpaired) electrons. The lowest BCUT2D eigenvalue weighted by atomic mass is 10.2. The minimum atomic E-state index is -0.223. The molecular formula is C25H26N2O3. The van der Waals surface area contributed by atoms with Gasteiger partial charge in [-0.15, -0.1) is 0 Å². The number of anilines is 2. The summed E-state index contributed by atoms with van der Waals surface area (Å²) in [5.74, 6) is 0.334. The van der Waals surface area contributed by atoms with E-state index in [2.05, 4.69) is 17.6 Å². The number of unbranched alkanes of at least 4 members (excludes halogenated alkanes) is 2. The molecule has 154 valence electrons. The standard InChI is InChI=1S/C25H26N2O3/c1-2-3-7-17-30-23-15-13-20(14-16-23)25(29)27-22-12-8-11-21(18-22)26-24(28)19-9-5-4-6-10-19/h4-6,8-16,18H,2-3,7,17H2,1H3,(H,26,28)(H,27,29). The van der Waals surface area contributed by atoms with Crippen LogP contribution in [0.1, 0.15) is 46.9 Å². The van der Waals surface area contributed by atoms with E-state index in [0.717, 1.165) is 25.0 Å². The van der Waals surface area contributed by atoms with Crippen molar-refractivity contribution in [2.75, 3.05) is 17.2 Å². The molecule has 0 saturated heterocycles. The smallest absolute Gasteiger partial charge is 0.255 e. The summed E-state index contributed by atoms with van der Waals surface area (Å²) < 4.78 is 5.68. The first kappa shape index (κ1) is 21.1. The zero-order valence-corrected chi connectivity index (χ0v) is 17.1. The van der Waals surface area contributed by atoms with Gasteiger partial charge in [0.1, 0.15) is 5.75 Å². The Morgan fingerprint density at radius 2 is 1.33 bits per heavy atom. The maximum atomic E-state index is 12.5. The zero-order chi connectivity index (χ0) is 21.2. The quantitative estimate of drug-likeness (QED) is 0.447. The van der Waals surface area contributed by atoms with E-state index in [-0.39, 0.29) is 11.8 Å². The summed E-state index contributed by atoms with van der Waals surface area (Å²) >= 11 is 0. The van der Waals surface area contributed by atoms with Gasteiger partial charge < -0.3 is 15.4 Å². The molecule has 2 N–H and O–H groups in total. The fraction of sp³-hybridized carbons (Fsp3) is 0.200. The van der Waals surface area contributed by atoms with Crippen LogP contribution in [-0.4, -0.2) is 18.4 Å². The normalized spacial score (nSPS) is 10.3. The second-order valence-electron chi connectivity index (χ2n) is 6.94. The topological polar surface area (TPSA) is 67.4 Å². The van der Waals surface area contributed by atoms with Gasteiger partial charge in [-0.25, -0.2) is 0 Å². The maximum absolute atomic E-state index is 12.5. The van der Waals surface area contributed by atoms with Gasteiger partial charge in [0.25, 0.3) is 11.8 Å². The SMILES string of the molecule is CCCCCOc1ccc(C(=O)Nc2cccc(NC(=O)c3ccccc3)c2)cc1. The number of carbonyl (C=O) groups is 2. The molecule has 3 rings (SSSR count). The molecule has 30 heavy (non-hydrogen) atoms. The molecule has 0 aliphatic carbocycles. The van der Waals surface area contributed by atoms with Crippen LogP contribution in [0.4, 0.5) is 11.4 Å². The fourth-order valence-electron chi connectivity index (χ4n) is 2.92. The average molecular weight is 402 g/mol. The maximum Gasteiger partial charge on any atom is 0.255 e. The van der Waals surface area contributed by atoms with Crippen molar-refractivity contribution >= 4 is 23.2 Å². The van der Waals surface area contributed by atoms with Crippen molar-refractivity contribution in [3.05, 3.63) is 90.0 Å². The third-order valence-electron chi connectivity index (χ3n) is 4.55. The molecule has 3 aromatic rings. The molecule has 0 heterocycles. The Hall–Kier alpha value is -3.60. The van der Waals surface area contributed by atoms with Gasteiger partial charge in [-0.2, -0.15) is 0 Å². The zero-order valence-electron chi connectivity index (χ0n) is 17.1. The van der Waals surface area contributed by atoms with Crippen LogP contribution in [0, 0.1) is 0 Å². The van der Waals surface area contributed by atoms with E-state index in [1.165, 1.54) is 0 Å². The molecule has 0 aromatic heterocycles. The third kappa shape index (κ3) is 6.21. The van der Waals surface area contributed by atoms with E-state index in [9.17, 15) is 9.59 Å². The van der Waals surface area contributed by atoms with E-state index < -0.39 is 0 Å². The molecule has 0 fully saturated rings. The van der Waals surface area contributed by atoms with E-state index in [1.807, 2.05) is 18.2 Å². The number of rotatable bonds is 9. The van der Waals surface area contributed by atoms with Crippen molar-refractivity contribution in [1.29, 1.82) is 0 Å². The first-order chi connectivity index (χ1) is 14.7. The van der Waals surface area contributed by atoms with Crippen molar-refractivity contribution in [2.45, 2.75) is 26.2 Å². The molecule has 0 unspecified atom stereocenters. The highest BCUT2D eigenvalue weighted by Crippen LogP contribution is 2.18. The Bertz CT molecular complexity index is 969. The Balaban J connectivity index is 1.57. The molecule has 2 amide bonds. The minimum Gasteiger partial charge on any atom is -0.494 e. The van der Waals surface area contributed by atoms with Gasteiger partial charge >= 0.3 is 0 Å². The highest BCUT2D eigenvalue weighted by Gasteiger charge is 2.09. The van der Waals surface area contributed by atoms with Crippen LogP contribution in [0.2, 0.25) is 0 Å². The Morgan fingerprint density at radius 1 is 0.733 bits per heavy atom. The number of hydrogen-bond donors (Lipinski definition) is 2. The molecule has 0 aliphatic rings. The lowest BCUT2D eigenvalue weighted by molar-refractivity contribution is 0.101. The van der Waals surface area contributed by atoms with Crippen molar-refractivity contribution < 1.29 is 14.3 Å². The predicted molar refractivity (Wildman–Crippen MR) is 120 cm³/mol. The van der Waals surface area contributed by atoms with E-state index >= 15 is 0 Å². The van der Waals surface area contributed by atoms with Crippen LogP contribution in [0.25, 0.3) is 0 Å². The summed E-state index contributed by atoms with van der Waals surface area (Å²) in [6.45, 7) is 2.83. The molecule has 0 saturated carbocycles. The van der Waals surface area contributed by atoms with Crippen LogP contribution in [0.15, 0.2) is 78.9 Å². The molecule has 0 aliphatic heterocycles. The summed E-state index contributed by atoms with van der Waals surface area (Å²) in [6, 6.07) is 23.1. The summed E-state index contributed by atoms with van der Waals surface area (Å²) in [5, 5.41) is 5.70. The van der Waals surface area contributed by atoms with Crippen LogP contribution in [0.3, 0.4) is 0 Å². The van der Waals surface area contributed by atoms with Gasteiger partial charge in [0.2, 0.25) is 0 Å². The molecule has 0 atom stereocenters. The number of amides is 2. The van der Waals surface area contributed by atoms with Crippen LogP contribution >= 0.6 is 0 Å². The number of carbonyl (C=O) groups excluding carboxylic acids is 2. The van der Waals surface area contributed by atoms with E-state index in [0.29, 0.717) is 29.1 Å². The monoisotopic (exact) mass is 402 g/mol. The largest absolute Gasteiger partial charge is 0.494 e. The number of ether oxygens (including phenoxy) is 1. The molecule has 5 heteroatoms.